The van der Waals surface area contributed by atoms with Crippen molar-refractivity contribution in [2.45, 2.75) is 20.3 Å². The van der Waals surface area contributed by atoms with Crippen molar-refractivity contribution in [2.75, 3.05) is 18.5 Å². The molecule has 2 aromatic rings. The van der Waals surface area contributed by atoms with Crippen LogP contribution < -0.4 is 10.1 Å². The fourth-order valence-electron chi connectivity index (χ4n) is 1.56. The summed E-state index contributed by atoms with van der Waals surface area (Å²) in [6.45, 7) is 5.47. The van der Waals surface area contributed by atoms with Crippen LogP contribution in [0.2, 0.25) is 0 Å². The summed E-state index contributed by atoms with van der Waals surface area (Å²) in [7, 11) is 0. The van der Waals surface area contributed by atoms with Gasteiger partial charge in [-0.1, -0.05) is 19.1 Å². The lowest BCUT2D eigenvalue weighted by Gasteiger charge is -2.08. The molecule has 0 aliphatic heterocycles. The molecule has 0 saturated carbocycles. The Morgan fingerprint density at radius 3 is 3.17 bits per heavy atom. The summed E-state index contributed by atoms with van der Waals surface area (Å²) in [5.74, 6) is 1.36. The summed E-state index contributed by atoms with van der Waals surface area (Å²) >= 11 is 0. The van der Waals surface area contributed by atoms with Gasteiger partial charge in [-0.25, -0.2) is 4.98 Å². The second-order valence-corrected chi connectivity index (χ2v) is 3.90. The van der Waals surface area contributed by atoms with E-state index in [0.717, 1.165) is 24.4 Å². The van der Waals surface area contributed by atoms with Crippen LogP contribution in [0.1, 0.15) is 20.3 Å². The fraction of sp³-hybridized carbons (Fsp3) is 0.385. The van der Waals surface area contributed by atoms with Gasteiger partial charge in [0.15, 0.2) is 0 Å². The van der Waals surface area contributed by atoms with Crippen molar-refractivity contribution in [1.82, 2.24) is 14.4 Å². The number of anilines is 1. The number of aromatic nitrogens is 3. The number of nitrogens with zero attached hydrogens (tertiary/aromatic N) is 3. The van der Waals surface area contributed by atoms with Crippen molar-refractivity contribution >= 4 is 11.5 Å². The van der Waals surface area contributed by atoms with Crippen LogP contribution in [0, 0.1) is 0 Å². The Kier molecular flexibility index (Phi) is 4.17. The van der Waals surface area contributed by atoms with Gasteiger partial charge in [0, 0.05) is 18.9 Å². The summed E-state index contributed by atoms with van der Waals surface area (Å²) in [5.41, 5.74) is 0.738. The molecule has 5 heteroatoms. The van der Waals surface area contributed by atoms with Crippen molar-refractivity contribution in [2.24, 2.45) is 0 Å². The van der Waals surface area contributed by atoms with Crippen LogP contribution in [0.3, 0.4) is 0 Å². The highest BCUT2D eigenvalue weighted by molar-refractivity contribution is 5.53. The third-order valence-electron chi connectivity index (χ3n) is 2.45. The van der Waals surface area contributed by atoms with Crippen molar-refractivity contribution in [3.63, 3.8) is 0 Å². The van der Waals surface area contributed by atoms with E-state index in [9.17, 15) is 0 Å². The highest BCUT2D eigenvalue weighted by atomic mass is 16.5. The molecule has 0 aromatic carbocycles. The van der Waals surface area contributed by atoms with Crippen LogP contribution >= 0.6 is 0 Å². The van der Waals surface area contributed by atoms with E-state index < -0.39 is 0 Å². The molecule has 0 amide bonds. The molecule has 0 fully saturated rings. The van der Waals surface area contributed by atoms with Crippen molar-refractivity contribution in [1.29, 1.82) is 0 Å². The molecule has 0 spiro atoms. The van der Waals surface area contributed by atoms with Gasteiger partial charge in [0.05, 0.1) is 6.20 Å². The maximum atomic E-state index is 5.62. The summed E-state index contributed by atoms with van der Waals surface area (Å²) in [4.78, 5) is 8.67. The van der Waals surface area contributed by atoms with E-state index in [1.165, 1.54) is 0 Å². The molecule has 0 aliphatic rings. The Morgan fingerprint density at radius 1 is 1.50 bits per heavy atom. The fourth-order valence-corrected chi connectivity index (χ4v) is 1.56. The van der Waals surface area contributed by atoms with Gasteiger partial charge in [-0.15, -0.1) is 0 Å². The normalized spacial score (nSPS) is 11.2. The summed E-state index contributed by atoms with van der Waals surface area (Å²) in [6.07, 6.45) is 10.5. The molecular weight excluding hydrogens is 228 g/mol. The van der Waals surface area contributed by atoms with Gasteiger partial charge < -0.3 is 10.1 Å². The number of nitrogens with one attached hydrogen (secondary N) is 1. The van der Waals surface area contributed by atoms with Crippen LogP contribution in [0.4, 0.5) is 5.82 Å². The quantitative estimate of drug-likeness (QED) is 0.796. The SMILES string of the molecule is C/C=C/COc1nc(NCCC)cn2ccnc12. The molecular formula is C13H18N4O. The van der Waals surface area contributed by atoms with Crippen molar-refractivity contribution in [3.05, 3.63) is 30.7 Å². The third kappa shape index (κ3) is 2.80. The Hall–Kier alpha value is -2.04. The van der Waals surface area contributed by atoms with Crippen LogP contribution in [0.25, 0.3) is 5.65 Å². The first-order valence-corrected chi connectivity index (χ1v) is 6.16. The first-order valence-electron chi connectivity index (χ1n) is 6.16. The highest BCUT2D eigenvalue weighted by Crippen LogP contribution is 2.18. The number of hydrogen-bond donors (Lipinski definition) is 1. The van der Waals surface area contributed by atoms with E-state index in [1.807, 2.05) is 35.9 Å². The molecule has 0 unspecified atom stereocenters. The zero-order valence-corrected chi connectivity index (χ0v) is 10.8. The Morgan fingerprint density at radius 2 is 2.39 bits per heavy atom. The zero-order valence-electron chi connectivity index (χ0n) is 10.8. The maximum absolute atomic E-state index is 5.62. The second kappa shape index (κ2) is 6.05. The average molecular weight is 246 g/mol. The van der Waals surface area contributed by atoms with E-state index in [2.05, 4.69) is 22.2 Å². The minimum absolute atomic E-state index is 0.503. The summed E-state index contributed by atoms with van der Waals surface area (Å²) < 4.78 is 7.53. The van der Waals surface area contributed by atoms with Gasteiger partial charge in [-0.2, -0.15) is 4.98 Å². The molecule has 2 heterocycles. The predicted molar refractivity (Wildman–Crippen MR) is 72.1 cm³/mol. The molecule has 0 atom stereocenters. The minimum Gasteiger partial charge on any atom is -0.471 e. The number of imidazole rings is 1. The number of rotatable bonds is 6. The first-order chi connectivity index (χ1) is 8.85. The lowest BCUT2D eigenvalue weighted by molar-refractivity contribution is 0.351. The van der Waals surface area contributed by atoms with Gasteiger partial charge in [0.1, 0.15) is 12.4 Å². The van der Waals surface area contributed by atoms with E-state index in [4.69, 9.17) is 4.74 Å². The Bertz CT molecular complexity index is 533. The lowest BCUT2D eigenvalue weighted by atomic mass is 10.5. The molecule has 0 bridgehead atoms. The molecule has 18 heavy (non-hydrogen) atoms. The average Bonchev–Trinajstić information content (AvgIpc) is 2.85. The lowest BCUT2D eigenvalue weighted by Crippen LogP contribution is -2.06. The van der Waals surface area contributed by atoms with Gasteiger partial charge in [0.25, 0.3) is 5.88 Å². The van der Waals surface area contributed by atoms with E-state index in [-0.39, 0.29) is 0 Å². The minimum atomic E-state index is 0.503. The standard InChI is InChI=1S/C13H18N4O/c1-3-5-9-18-13-12-15-7-8-17(12)10-11(16-13)14-6-4-2/h3,5,7-8,10,14H,4,6,9H2,1-2H3/b5-3+. The first kappa shape index (κ1) is 12.4. The van der Waals surface area contributed by atoms with Gasteiger partial charge >= 0.3 is 0 Å². The van der Waals surface area contributed by atoms with Crippen LogP contribution in [-0.2, 0) is 0 Å². The number of hydrogen-bond acceptors (Lipinski definition) is 4. The number of ether oxygens (including phenoxy) is 1. The topological polar surface area (TPSA) is 51.5 Å². The van der Waals surface area contributed by atoms with Crippen LogP contribution in [0.15, 0.2) is 30.7 Å². The van der Waals surface area contributed by atoms with E-state index in [1.54, 1.807) is 6.20 Å². The number of allylic oxidation sites excluding steroid dienone is 1. The number of fused-ring (bicyclic) bond motifs is 1. The molecule has 2 aromatic heterocycles. The summed E-state index contributed by atoms with van der Waals surface area (Å²) in [6, 6.07) is 0. The Labute approximate surface area is 107 Å². The van der Waals surface area contributed by atoms with Gasteiger partial charge in [-0.3, -0.25) is 4.40 Å². The predicted octanol–water partition coefficient (Wildman–Crippen LogP) is 2.51. The molecule has 2 rings (SSSR count). The van der Waals surface area contributed by atoms with Gasteiger partial charge in [-0.05, 0) is 13.3 Å². The molecule has 0 radical (unpaired) electrons. The largest absolute Gasteiger partial charge is 0.471 e. The molecule has 96 valence electrons. The van der Waals surface area contributed by atoms with Gasteiger partial charge in [0.2, 0.25) is 5.65 Å². The molecule has 0 aliphatic carbocycles. The molecule has 0 saturated heterocycles. The maximum Gasteiger partial charge on any atom is 0.260 e. The molecule has 1 N–H and O–H groups in total. The monoisotopic (exact) mass is 246 g/mol. The second-order valence-electron chi connectivity index (χ2n) is 3.90. The third-order valence-corrected chi connectivity index (χ3v) is 2.45. The summed E-state index contributed by atoms with van der Waals surface area (Å²) in [5, 5.41) is 3.25. The zero-order chi connectivity index (χ0) is 12.8. The smallest absolute Gasteiger partial charge is 0.260 e. The van der Waals surface area contributed by atoms with Crippen LogP contribution in [0.5, 0.6) is 5.88 Å². The van der Waals surface area contributed by atoms with E-state index in [0.29, 0.717) is 12.5 Å². The highest BCUT2D eigenvalue weighted by Gasteiger charge is 2.07. The Balaban J connectivity index is 2.26. The van der Waals surface area contributed by atoms with Crippen LogP contribution in [-0.4, -0.2) is 27.5 Å². The molecule has 5 nitrogen and oxygen atoms in total. The van der Waals surface area contributed by atoms with Crippen molar-refractivity contribution in [3.8, 4) is 5.88 Å². The van der Waals surface area contributed by atoms with E-state index >= 15 is 0 Å². The van der Waals surface area contributed by atoms with Crippen molar-refractivity contribution < 1.29 is 4.74 Å².